The van der Waals surface area contributed by atoms with Crippen LogP contribution in [0.1, 0.15) is 26.3 Å². The molecule has 0 N–H and O–H groups in total. The van der Waals surface area contributed by atoms with E-state index in [9.17, 15) is 0 Å². The van der Waals surface area contributed by atoms with Crippen LogP contribution in [0.4, 0.5) is 0 Å². The monoisotopic (exact) mass is 227 g/mol. The summed E-state index contributed by atoms with van der Waals surface area (Å²) in [6, 6.07) is 2.04. The third-order valence-electron chi connectivity index (χ3n) is 1.99. The van der Waals surface area contributed by atoms with Gasteiger partial charge in [0, 0.05) is 12.1 Å². The standard InChI is InChI=1S/C12H18ClNO/c1-9(2)15-12-5-11(7-14-8-12)4-10(3)6-13/h5,7-10H,4,6H2,1-3H3. The molecule has 84 valence electrons. The van der Waals surface area contributed by atoms with Crippen LogP contribution in [0.15, 0.2) is 18.5 Å². The molecule has 1 rings (SSSR count). The van der Waals surface area contributed by atoms with Gasteiger partial charge in [-0.2, -0.15) is 0 Å². The lowest BCUT2D eigenvalue weighted by atomic mass is 10.0. The number of hydrogen-bond acceptors (Lipinski definition) is 2. The Hall–Kier alpha value is -0.760. The lowest BCUT2D eigenvalue weighted by molar-refractivity contribution is 0.241. The minimum absolute atomic E-state index is 0.188. The molecule has 0 bridgehead atoms. The van der Waals surface area contributed by atoms with Crippen LogP contribution < -0.4 is 4.74 Å². The Balaban J connectivity index is 2.65. The van der Waals surface area contributed by atoms with Crippen LogP contribution in [-0.4, -0.2) is 17.0 Å². The van der Waals surface area contributed by atoms with Crippen molar-refractivity contribution in [1.29, 1.82) is 0 Å². The molecule has 0 saturated heterocycles. The summed E-state index contributed by atoms with van der Waals surface area (Å²) in [5.41, 5.74) is 1.18. The zero-order valence-electron chi connectivity index (χ0n) is 9.53. The minimum atomic E-state index is 0.188. The Labute approximate surface area is 96.6 Å². The quantitative estimate of drug-likeness (QED) is 0.721. The van der Waals surface area contributed by atoms with E-state index in [0.29, 0.717) is 11.8 Å². The molecule has 0 aliphatic rings. The van der Waals surface area contributed by atoms with Crippen LogP contribution >= 0.6 is 11.6 Å². The zero-order chi connectivity index (χ0) is 11.3. The fourth-order valence-corrected chi connectivity index (χ4v) is 1.48. The second-order valence-corrected chi connectivity index (χ2v) is 4.47. The van der Waals surface area contributed by atoms with Gasteiger partial charge in [-0.25, -0.2) is 0 Å². The Bertz CT molecular complexity index is 301. The molecule has 0 amide bonds. The summed E-state index contributed by atoms with van der Waals surface area (Å²) in [6.45, 7) is 6.14. The maximum absolute atomic E-state index is 5.77. The number of nitrogens with zero attached hydrogens (tertiary/aromatic N) is 1. The van der Waals surface area contributed by atoms with Gasteiger partial charge in [0.05, 0.1) is 12.3 Å². The molecule has 0 spiro atoms. The van der Waals surface area contributed by atoms with E-state index in [2.05, 4.69) is 11.9 Å². The average molecular weight is 228 g/mol. The van der Waals surface area contributed by atoms with Gasteiger partial charge >= 0.3 is 0 Å². The van der Waals surface area contributed by atoms with Crippen molar-refractivity contribution in [2.24, 2.45) is 5.92 Å². The molecular weight excluding hydrogens is 210 g/mol. The molecule has 0 aliphatic carbocycles. The number of pyridine rings is 1. The summed E-state index contributed by atoms with van der Waals surface area (Å²) in [6.07, 6.45) is 4.75. The fraction of sp³-hybridized carbons (Fsp3) is 0.583. The van der Waals surface area contributed by atoms with Gasteiger partial charge in [-0.3, -0.25) is 4.98 Å². The van der Waals surface area contributed by atoms with Crippen molar-refractivity contribution in [3.05, 3.63) is 24.0 Å². The Morgan fingerprint density at radius 1 is 1.33 bits per heavy atom. The Kier molecular flexibility index (Phi) is 4.89. The fourth-order valence-electron chi connectivity index (χ4n) is 1.37. The predicted molar refractivity (Wildman–Crippen MR) is 63.6 cm³/mol. The number of ether oxygens (including phenoxy) is 1. The van der Waals surface area contributed by atoms with E-state index in [4.69, 9.17) is 16.3 Å². The molecule has 0 radical (unpaired) electrons. The first-order valence-corrected chi connectivity index (χ1v) is 5.81. The molecule has 1 aromatic rings. The van der Waals surface area contributed by atoms with E-state index in [1.165, 1.54) is 5.56 Å². The Morgan fingerprint density at radius 2 is 2.07 bits per heavy atom. The lowest BCUT2D eigenvalue weighted by Gasteiger charge is -2.11. The van der Waals surface area contributed by atoms with Gasteiger partial charge in [0.1, 0.15) is 5.75 Å². The van der Waals surface area contributed by atoms with E-state index in [1.54, 1.807) is 6.20 Å². The van der Waals surface area contributed by atoms with Crippen LogP contribution in [0.25, 0.3) is 0 Å². The van der Waals surface area contributed by atoms with E-state index < -0.39 is 0 Å². The number of rotatable bonds is 5. The summed E-state index contributed by atoms with van der Waals surface area (Å²) in [4.78, 5) is 4.16. The molecule has 15 heavy (non-hydrogen) atoms. The van der Waals surface area contributed by atoms with Gasteiger partial charge in [0.2, 0.25) is 0 Å². The highest BCUT2D eigenvalue weighted by Crippen LogP contribution is 2.16. The zero-order valence-corrected chi connectivity index (χ0v) is 10.3. The Morgan fingerprint density at radius 3 is 2.67 bits per heavy atom. The largest absolute Gasteiger partial charge is 0.489 e. The van der Waals surface area contributed by atoms with Crippen molar-refractivity contribution in [3.63, 3.8) is 0 Å². The molecule has 1 atom stereocenters. The van der Waals surface area contributed by atoms with Gasteiger partial charge in [-0.15, -0.1) is 11.6 Å². The molecule has 1 unspecified atom stereocenters. The number of halogens is 1. The van der Waals surface area contributed by atoms with Crippen molar-refractivity contribution in [1.82, 2.24) is 4.98 Å². The van der Waals surface area contributed by atoms with E-state index in [0.717, 1.165) is 12.2 Å². The summed E-state index contributed by atoms with van der Waals surface area (Å²) >= 11 is 5.77. The summed E-state index contributed by atoms with van der Waals surface area (Å²) in [7, 11) is 0. The minimum Gasteiger partial charge on any atom is -0.489 e. The summed E-state index contributed by atoms with van der Waals surface area (Å²) in [5.74, 6) is 1.99. The maximum Gasteiger partial charge on any atom is 0.138 e. The third kappa shape index (κ3) is 4.52. The predicted octanol–water partition coefficient (Wildman–Crippen LogP) is 3.29. The summed E-state index contributed by atoms with van der Waals surface area (Å²) < 4.78 is 5.57. The SMILES string of the molecule is CC(CCl)Cc1cncc(OC(C)C)c1. The first-order valence-electron chi connectivity index (χ1n) is 5.28. The van der Waals surface area contributed by atoms with Crippen LogP contribution in [0.2, 0.25) is 0 Å². The van der Waals surface area contributed by atoms with Crippen LogP contribution in [0.5, 0.6) is 5.75 Å². The second kappa shape index (κ2) is 5.96. The van der Waals surface area contributed by atoms with Crippen molar-refractivity contribution in [2.45, 2.75) is 33.3 Å². The molecule has 0 aromatic carbocycles. The average Bonchev–Trinajstić information content (AvgIpc) is 2.17. The summed E-state index contributed by atoms with van der Waals surface area (Å²) in [5, 5.41) is 0. The van der Waals surface area contributed by atoms with Crippen LogP contribution in [0.3, 0.4) is 0 Å². The highest BCUT2D eigenvalue weighted by Gasteiger charge is 2.04. The molecule has 2 nitrogen and oxygen atoms in total. The van der Waals surface area contributed by atoms with Gasteiger partial charge in [-0.05, 0) is 37.8 Å². The van der Waals surface area contributed by atoms with Gasteiger partial charge < -0.3 is 4.74 Å². The number of hydrogen-bond donors (Lipinski definition) is 0. The van der Waals surface area contributed by atoms with Gasteiger partial charge in [0.15, 0.2) is 0 Å². The van der Waals surface area contributed by atoms with Crippen molar-refractivity contribution in [2.75, 3.05) is 5.88 Å². The van der Waals surface area contributed by atoms with E-state index in [1.807, 2.05) is 26.1 Å². The van der Waals surface area contributed by atoms with Crippen LogP contribution in [-0.2, 0) is 6.42 Å². The molecule has 1 heterocycles. The smallest absolute Gasteiger partial charge is 0.138 e. The van der Waals surface area contributed by atoms with Crippen molar-refractivity contribution < 1.29 is 4.74 Å². The first-order chi connectivity index (χ1) is 7.11. The van der Waals surface area contributed by atoms with Crippen molar-refractivity contribution in [3.8, 4) is 5.75 Å². The number of aromatic nitrogens is 1. The topological polar surface area (TPSA) is 22.1 Å². The molecule has 0 fully saturated rings. The second-order valence-electron chi connectivity index (χ2n) is 4.16. The first kappa shape index (κ1) is 12.3. The molecule has 0 saturated carbocycles. The van der Waals surface area contributed by atoms with E-state index in [-0.39, 0.29) is 6.10 Å². The normalized spacial score (nSPS) is 12.9. The molecule has 0 aliphatic heterocycles. The van der Waals surface area contributed by atoms with E-state index >= 15 is 0 Å². The molecular formula is C12H18ClNO. The lowest BCUT2D eigenvalue weighted by Crippen LogP contribution is -2.07. The van der Waals surface area contributed by atoms with Gasteiger partial charge in [0.25, 0.3) is 0 Å². The molecule has 3 heteroatoms. The van der Waals surface area contributed by atoms with Gasteiger partial charge in [-0.1, -0.05) is 6.92 Å². The highest BCUT2D eigenvalue weighted by atomic mass is 35.5. The van der Waals surface area contributed by atoms with Crippen LogP contribution in [0, 0.1) is 5.92 Å². The van der Waals surface area contributed by atoms with Crippen molar-refractivity contribution >= 4 is 11.6 Å². The number of alkyl halides is 1. The molecule has 1 aromatic heterocycles. The maximum atomic E-state index is 5.77. The third-order valence-corrected chi connectivity index (χ3v) is 2.52. The highest BCUT2D eigenvalue weighted by molar-refractivity contribution is 6.18.